The molecule has 7 nitrogen and oxygen atoms in total. The lowest BCUT2D eigenvalue weighted by Gasteiger charge is -2.13. The first-order valence-corrected chi connectivity index (χ1v) is 5.33. The van der Waals surface area contributed by atoms with E-state index in [0.717, 1.165) is 18.3 Å². The Hall–Kier alpha value is -2.51. The molecule has 0 unspecified atom stereocenters. The van der Waals surface area contributed by atoms with Crippen LogP contribution < -0.4 is 11.1 Å². The Morgan fingerprint density at radius 2 is 2.11 bits per heavy atom. The Labute approximate surface area is 107 Å². The molecule has 1 atom stereocenters. The molecule has 1 aromatic heterocycles. The first-order chi connectivity index (χ1) is 8.90. The van der Waals surface area contributed by atoms with E-state index >= 15 is 0 Å². The molecule has 0 bridgehead atoms. The predicted molar refractivity (Wildman–Crippen MR) is 61.5 cm³/mol. The minimum absolute atomic E-state index is 0.119. The smallest absolute Gasteiger partial charge is 0.326 e. The zero-order valence-electron chi connectivity index (χ0n) is 9.80. The van der Waals surface area contributed by atoms with Crippen LogP contribution in [0.25, 0.3) is 0 Å². The molecule has 1 rings (SSSR count). The molecule has 0 saturated carbocycles. The lowest BCUT2D eigenvalue weighted by Crippen LogP contribution is -2.41. The zero-order chi connectivity index (χ0) is 14.4. The number of halogens is 1. The van der Waals surface area contributed by atoms with Crippen molar-refractivity contribution in [1.82, 2.24) is 10.3 Å². The van der Waals surface area contributed by atoms with Gasteiger partial charge in [0.1, 0.15) is 17.6 Å². The molecule has 0 radical (unpaired) electrons. The van der Waals surface area contributed by atoms with Gasteiger partial charge < -0.3 is 16.2 Å². The number of carbonyl (C=O) groups is 3. The van der Waals surface area contributed by atoms with Crippen molar-refractivity contribution in [2.24, 2.45) is 5.73 Å². The van der Waals surface area contributed by atoms with Crippen LogP contribution in [-0.2, 0) is 9.59 Å². The van der Waals surface area contributed by atoms with Gasteiger partial charge in [0, 0.05) is 6.42 Å². The van der Waals surface area contributed by atoms with E-state index in [9.17, 15) is 18.8 Å². The number of carboxylic acid groups (broad SMARTS) is 1. The second-order valence-corrected chi connectivity index (χ2v) is 3.73. The monoisotopic (exact) mass is 269 g/mol. The molecule has 0 aromatic carbocycles. The molecular weight excluding hydrogens is 257 g/mol. The van der Waals surface area contributed by atoms with Crippen molar-refractivity contribution < 1.29 is 23.9 Å². The standard InChI is InChI=1S/C11H12FN3O4/c12-6-1-2-7(14-5-6)10(17)15-8(11(18)19)3-4-9(13)16/h1-2,5,8H,3-4H2,(H2,13,16)(H,15,17)(H,18,19)/t8-/m1/s1. The summed E-state index contributed by atoms with van der Waals surface area (Å²) >= 11 is 0. The quantitative estimate of drug-likeness (QED) is 0.652. The van der Waals surface area contributed by atoms with Crippen molar-refractivity contribution >= 4 is 17.8 Å². The van der Waals surface area contributed by atoms with Gasteiger partial charge in [0.2, 0.25) is 5.91 Å². The third-order valence-electron chi connectivity index (χ3n) is 2.24. The van der Waals surface area contributed by atoms with E-state index in [1.54, 1.807) is 0 Å². The number of nitrogens with one attached hydrogen (secondary N) is 1. The molecule has 0 aliphatic rings. The third-order valence-corrected chi connectivity index (χ3v) is 2.24. The second kappa shape index (κ2) is 6.43. The molecule has 2 amide bonds. The Kier molecular flexibility index (Phi) is 4.92. The highest BCUT2D eigenvalue weighted by Gasteiger charge is 2.21. The van der Waals surface area contributed by atoms with E-state index in [1.807, 2.05) is 0 Å². The first-order valence-electron chi connectivity index (χ1n) is 5.33. The summed E-state index contributed by atoms with van der Waals surface area (Å²) in [6.45, 7) is 0. The highest BCUT2D eigenvalue weighted by molar-refractivity contribution is 5.95. The van der Waals surface area contributed by atoms with Crippen LogP contribution in [0.1, 0.15) is 23.3 Å². The molecule has 1 aromatic rings. The number of nitrogens with two attached hydrogens (primary N) is 1. The molecule has 0 aliphatic heterocycles. The van der Waals surface area contributed by atoms with E-state index < -0.39 is 29.6 Å². The summed E-state index contributed by atoms with van der Waals surface area (Å²) in [5.74, 6) is -3.34. The molecule has 4 N–H and O–H groups in total. The lowest BCUT2D eigenvalue weighted by molar-refractivity contribution is -0.139. The van der Waals surface area contributed by atoms with Crippen LogP contribution in [-0.4, -0.2) is 33.9 Å². The normalized spacial score (nSPS) is 11.6. The predicted octanol–water partition coefficient (Wildman–Crippen LogP) is -0.331. The highest BCUT2D eigenvalue weighted by atomic mass is 19.1. The molecule has 102 valence electrons. The van der Waals surface area contributed by atoms with Gasteiger partial charge in [-0.2, -0.15) is 0 Å². The largest absolute Gasteiger partial charge is 0.480 e. The number of hydrogen-bond acceptors (Lipinski definition) is 4. The van der Waals surface area contributed by atoms with E-state index in [4.69, 9.17) is 10.8 Å². The summed E-state index contributed by atoms with van der Waals surface area (Å²) in [6, 6.07) is 0.894. The number of nitrogens with zero attached hydrogens (tertiary/aromatic N) is 1. The fourth-order valence-corrected chi connectivity index (χ4v) is 1.29. The van der Waals surface area contributed by atoms with E-state index in [1.165, 1.54) is 0 Å². The number of aliphatic carboxylic acids is 1. The summed E-state index contributed by atoms with van der Waals surface area (Å²) < 4.78 is 12.6. The minimum atomic E-state index is -1.29. The molecule has 19 heavy (non-hydrogen) atoms. The number of carboxylic acids is 1. The van der Waals surface area contributed by atoms with Gasteiger partial charge in [-0.25, -0.2) is 14.2 Å². The molecule has 1 heterocycles. The number of hydrogen-bond donors (Lipinski definition) is 3. The lowest BCUT2D eigenvalue weighted by atomic mass is 10.1. The van der Waals surface area contributed by atoms with Gasteiger partial charge in [0.05, 0.1) is 6.20 Å². The van der Waals surface area contributed by atoms with Crippen LogP contribution in [0, 0.1) is 5.82 Å². The topological polar surface area (TPSA) is 122 Å². The molecule has 0 saturated heterocycles. The third kappa shape index (κ3) is 4.70. The number of carbonyl (C=O) groups excluding carboxylic acids is 2. The Bertz CT molecular complexity index is 489. The van der Waals surface area contributed by atoms with Gasteiger partial charge >= 0.3 is 5.97 Å². The molecule has 0 spiro atoms. The Balaban J connectivity index is 2.68. The minimum Gasteiger partial charge on any atom is -0.480 e. The van der Waals surface area contributed by atoms with Gasteiger partial charge in [-0.3, -0.25) is 9.59 Å². The van der Waals surface area contributed by atoms with Crippen LogP contribution in [0.4, 0.5) is 4.39 Å². The van der Waals surface area contributed by atoms with Crippen LogP contribution in [0.2, 0.25) is 0 Å². The van der Waals surface area contributed by atoms with Crippen LogP contribution >= 0.6 is 0 Å². The summed E-state index contributed by atoms with van der Waals surface area (Å²) in [6.07, 6.45) is 0.541. The maximum atomic E-state index is 12.6. The number of amides is 2. The van der Waals surface area contributed by atoms with Crippen molar-refractivity contribution in [1.29, 1.82) is 0 Å². The number of aromatic nitrogens is 1. The van der Waals surface area contributed by atoms with E-state index in [0.29, 0.717) is 0 Å². The van der Waals surface area contributed by atoms with Gasteiger partial charge in [0.15, 0.2) is 0 Å². The maximum Gasteiger partial charge on any atom is 0.326 e. The van der Waals surface area contributed by atoms with Gasteiger partial charge in [-0.15, -0.1) is 0 Å². The fraction of sp³-hybridized carbons (Fsp3) is 0.273. The highest BCUT2D eigenvalue weighted by Crippen LogP contribution is 2.02. The van der Waals surface area contributed by atoms with Crippen molar-refractivity contribution in [2.45, 2.75) is 18.9 Å². The second-order valence-electron chi connectivity index (χ2n) is 3.73. The summed E-state index contributed by atoms with van der Waals surface area (Å²) in [7, 11) is 0. The van der Waals surface area contributed by atoms with Crippen LogP contribution in [0.15, 0.2) is 18.3 Å². The number of pyridine rings is 1. The summed E-state index contributed by atoms with van der Waals surface area (Å²) in [5, 5.41) is 11.1. The Morgan fingerprint density at radius 3 is 2.58 bits per heavy atom. The van der Waals surface area contributed by atoms with Crippen molar-refractivity contribution in [3.63, 3.8) is 0 Å². The van der Waals surface area contributed by atoms with Gasteiger partial charge in [-0.1, -0.05) is 0 Å². The van der Waals surface area contributed by atoms with E-state index in [2.05, 4.69) is 10.3 Å². The van der Waals surface area contributed by atoms with Crippen molar-refractivity contribution in [3.05, 3.63) is 29.8 Å². The molecular formula is C11H12FN3O4. The molecule has 0 aliphatic carbocycles. The summed E-state index contributed by atoms with van der Waals surface area (Å²) in [5.41, 5.74) is 4.78. The average Bonchev–Trinajstić information content (AvgIpc) is 2.34. The van der Waals surface area contributed by atoms with Gasteiger partial charge in [-0.05, 0) is 18.6 Å². The fourth-order valence-electron chi connectivity index (χ4n) is 1.29. The average molecular weight is 269 g/mol. The molecule has 0 fully saturated rings. The van der Waals surface area contributed by atoms with E-state index in [-0.39, 0.29) is 18.5 Å². The van der Waals surface area contributed by atoms with Crippen molar-refractivity contribution in [3.8, 4) is 0 Å². The SMILES string of the molecule is NC(=O)CC[C@@H](NC(=O)c1ccc(F)cn1)C(=O)O. The zero-order valence-corrected chi connectivity index (χ0v) is 9.80. The maximum absolute atomic E-state index is 12.6. The number of primary amides is 1. The van der Waals surface area contributed by atoms with Gasteiger partial charge in [0.25, 0.3) is 5.91 Å². The molecule has 8 heteroatoms. The van der Waals surface area contributed by atoms with Crippen molar-refractivity contribution in [2.75, 3.05) is 0 Å². The summed E-state index contributed by atoms with van der Waals surface area (Å²) in [4.78, 5) is 36.6. The van der Waals surface area contributed by atoms with Crippen LogP contribution in [0.3, 0.4) is 0 Å². The first kappa shape index (κ1) is 14.6. The number of rotatable bonds is 6. The Morgan fingerprint density at radius 1 is 1.42 bits per heavy atom. The van der Waals surface area contributed by atoms with Crippen LogP contribution in [0.5, 0.6) is 0 Å².